The number of carboxylic acids is 1. The Labute approximate surface area is 88.8 Å². The van der Waals surface area contributed by atoms with Crippen LogP contribution in [0, 0.1) is 6.92 Å². The molecule has 1 rings (SSSR count). The smallest absolute Gasteiger partial charge is 0.320 e. The van der Waals surface area contributed by atoms with Crippen LogP contribution in [-0.4, -0.2) is 39.0 Å². The molecule has 1 N–H and O–H groups in total. The van der Waals surface area contributed by atoms with Crippen molar-refractivity contribution in [3.8, 4) is 0 Å². The van der Waals surface area contributed by atoms with Crippen molar-refractivity contribution in [3.63, 3.8) is 0 Å². The van der Waals surface area contributed by atoms with Gasteiger partial charge in [-0.2, -0.15) is 0 Å². The van der Waals surface area contributed by atoms with Crippen molar-refractivity contribution in [2.75, 3.05) is 7.05 Å². The van der Waals surface area contributed by atoms with Crippen molar-refractivity contribution in [3.05, 3.63) is 23.8 Å². The van der Waals surface area contributed by atoms with Crippen LogP contribution in [0.2, 0.25) is 0 Å². The van der Waals surface area contributed by atoms with Crippen molar-refractivity contribution in [2.24, 2.45) is 0 Å². The Morgan fingerprint density at radius 1 is 1.67 bits per heavy atom. The van der Waals surface area contributed by atoms with Gasteiger partial charge in [-0.1, -0.05) is 0 Å². The second kappa shape index (κ2) is 4.84. The summed E-state index contributed by atoms with van der Waals surface area (Å²) < 4.78 is 0. The van der Waals surface area contributed by atoms with E-state index in [-0.39, 0.29) is 0 Å². The van der Waals surface area contributed by atoms with Crippen LogP contribution in [0.25, 0.3) is 0 Å². The molecular weight excluding hydrogens is 194 g/mol. The van der Waals surface area contributed by atoms with E-state index in [1.165, 1.54) is 0 Å². The van der Waals surface area contributed by atoms with Gasteiger partial charge in [-0.15, -0.1) is 0 Å². The van der Waals surface area contributed by atoms with Crippen LogP contribution in [-0.2, 0) is 11.3 Å². The molecule has 0 fully saturated rings. The first-order valence-corrected chi connectivity index (χ1v) is 4.72. The Morgan fingerprint density at radius 2 is 2.33 bits per heavy atom. The van der Waals surface area contributed by atoms with Crippen molar-refractivity contribution in [1.29, 1.82) is 0 Å². The molecule has 0 aliphatic carbocycles. The number of hydrogen-bond acceptors (Lipinski definition) is 4. The molecule has 1 aromatic heterocycles. The molecule has 0 amide bonds. The largest absolute Gasteiger partial charge is 0.480 e. The average molecular weight is 209 g/mol. The van der Waals surface area contributed by atoms with Gasteiger partial charge in [0.2, 0.25) is 0 Å². The minimum Gasteiger partial charge on any atom is -0.480 e. The standard InChI is InChI=1S/C10H15N3O2/c1-7(10(14)15)13(3)6-9-4-5-11-8(2)12-9/h4-5,7H,6H2,1-3H3,(H,14,15). The van der Waals surface area contributed by atoms with E-state index in [1.807, 2.05) is 6.92 Å². The minimum atomic E-state index is -0.830. The molecule has 82 valence electrons. The first-order valence-electron chi connectivity index (χ1n) is 4.72. The number of aromatic nitrogens is 2. The van der Waals surface area contributed by atoms with Gasteiger partial charge < -0.3 is 5.11 Å². The van der Waals surface area contributed by atoms with E-state index in [0.29, 0.717) is 12.4 Å². The van der Waals surface area contributed by atoms with Gasteiger partial charge in [-0.05, 0) is 27.0 Å². The Bertz CT molecular complexity index is 354. The SMILES string of the molecule is Cc1nccc(CN(C)C(C)C(=O)O)n1. The summed E-state index contributed by atoms with van der Waals surface area (Å²) in [5.41, 5.74) is 0.832. The third kappa shape index (κ3) is 3.28. The second-order valence-electron chi connectivity index (χ2n) is 3.52. The molecule has 1 aromatic rings. The van der Waals surface area contributed by atoms with Crippen LogP contribution < -0.4 is 0 Å². The first kappa shape index (κ1) is 11.6. The minimum absolute atomic E-state index is 0.511. The quantitative estimate of drug-likeness (QED) is 0.790. The van der Waals surface area contributed by atoms with Crippen molar-refractivity contribution >= 4 is 5.97 Å². The van der Waals surface area contributed by atoms with Crippen LogP contribution >= 0.6 is 0 Å². The van der Waals surface area contributed by atoms with Crippen LogP contribution in [0.4, 0.5) is 0 Å². The van der Waals surface area contributed by atoms with Gasteiger partial charge in [0.25, 0.3) is 0 Å². The number of aliphatic carboxylic acids is 1. The normalized spacial score (nSPS) is 12.8. The van der Waals surface area contributed by atoms with Crippen molar-refractivity contribution in [2.45, 2.75) is 26.4 Å². The molecule has 0 aliphatic heterocycles. The molecule has 0 spiro atoms. The fourth-order valence-electron chi connectivity index (χ4n) is 1.17. The molecule has 0 saturated heterocycles. The third-order valence-corrected chi connectivity index (χ3v) is 2.26. The van der Waals surface area contributed by atoms with E-state index in [4.69, 9.17) is 5.11 Å². The summed E-state index contributed by atoms with van der Waals surface area (Å²) in [7, 11) is 1.76. The van der Waals surface area contributed by atoms with Crippen molar-refractivity contribution in [1.82, 2.24) is 14.9 Å². The lowest BCUT2D eigenvalue weighted by molar-refractivity contribution is -0.142. The zero-order valence-electron chi connectivity index (χ0n) is 9.14. The predicted molar refractivity (Wildman–Crippen MR) is 55.3 cm³/mol. The molecule has 0 aliphatic rings. The Hall–Kier alpha value is -1.49. The Balaban J connectivity index is 2.66. The van der Waals surface area contributed by atoms with Gasteiger partial charge in [0.15, 0.2) is 0 Å². The number of likely N-dealkylation sites (N-methyl/N-ethyl adjacent to an activating group) is 1. The zero-order valence-corrected chi connectivity index (χ0v) is 9.14. The fraction of sp³-hybridized carbons (Fsp3) is 0.500. The van der Waals surface area contributed by atoms with Gasteiger partial charge in [-0.3, -0.25) is 9.69 Å². The third-order valence-electron chi connectivity index (χ3n) is 2.26. The summed E-state index contributed by atoms with van der Waals surface area (Å²) in [6.07, 6.45) is 1.68. The van der Waals surface area contributed by atoms with Gasteiger partial charge in [0.1, 0.15) is 11.9 Å². The summed E-state index contributed by atoms with van der Waals surface area (Å²) >= 11 is 0. The lowest BCUT2D eigenvalue weighted by Crippen LogP contribution is -2.35. The highest BCUT2D eigenvalue weighted by Crippen LogP contribution is 2.03. The molecule has 0 saturated carbocycles. The molecular formula is C10H15N3O2. The summed E-state index contributed by atoms with van der Waals surface area (Å²) in [5.74, 6) is -0.132. The molecule has 1 atom stereocenters. The lowest BCUT2D eigenvalue weighted by atomic mass is 10.3. The van der Waals surface area contributed by atoms with E-state index < -0.39 is 12.0 Å². The lowest BCUT2D eigenvalue weighted by Gasteiger charge is -2.20. The highest BCUT2D eigenvalue weighted by molar-refractivity contribution is 5.72. The summed E-state index contributed by atoms with van der Waals surface area (Å²) in [4.78, 5) is 20.6. The molecule has 0 radical (unpaired) electrons. The average Bonchev–Trinajstić information content (AvgIpc) is 2.16. The molecule has 1 unspecified atom stereocenters. The maximum Gasteiger partial charge on any atom is 0.320 e. The molecule has 1 heterocycles. The number of hydrogen-bond donors (Lipinski definition) is 1. The number of rotatable bonds is 4. The number of carboxylic acid groups (broad SMARTS) is 1. The van der Waals surface area contributed by atoms with Crippen LogP contribution in [0.3, 0.4) is 0 Å². The van der Waals surface area contributed by atoms with Crippen LogP contribution in [0.5, 0.6) is 0 Å². The first-order chi connectivity index (χ1) is 7.00. The zero-order chi connectivity index (χ0) is 11.4. The number of carbonyl (C=O) groups is 1. The molecule has 0 bridgehead atoms. The number of aryl methyl sites for hydroxylation is 1. The molecule has 5 nitrogen and oxygen atoms in total. The van der Waals surface area contributed by atoms with Gasteiger partial charge in [0, 0.05) is 12.7 Å². The summed E-state index contributed by atoms with van der Waals surface area (Å²) in [6, 6.07) is 1.28. The van der Waals surface area contributed by atoms with Gasteiger partial charge in [-0.25, -0.2) is 9.97 Å². The Kier molecular flexibility index (Phi) is 3.74. The van der Waals surface area contributed by atoms with Crippen molar-refractivity contribution < 1.29 is 9.90 Å². The molecule has 5 heteroatoms. The van der Waals surface area contributed by atoms with Crippen LogP contribution in [0.1, 0.15) is 18.4 Å². The van der Waals surface area contributed by atoms with E-state index in [1.54, 1.807) is 31.1 Å². The summed E-state index contributed by atoms with van der Waals surface area (Å²) in [5, 5.41) is 8.81. The fourth-order valence-corrected chi connectivity index (χ4v) is 1.17. The van der Waals surface area contributed by atoms with E-state index in [2.05, 4.69) is 9.97 Å². The molecule has 0 aromatic carbocycles. The monoisotopic (exact) mass is 209 g/mol. The number of nitrogens with zero attached hydrogens (tertiary/aromatic N) is 3. The van der Waals surface area contributed by atoms with Crippen LogP contribution in [0.15, 0.2) is 12.3 Å². The van der Waals surface area contributed by atoms with E-state index in [0.717, 1.165) is 5.69 Å². The van der Waals surface area contributed by atoms with Gasteiger partial charge >= 0.3 is 5.97 Å². The summed E-state index contributed by atoms with van der Waals surface area (Å²) in [6.45, 7) is 3.97. The highest BCUT2D eigenvalue weighted by Gasteiger charge is 2.16. The van der Waals surface area contributed by atoms with E-state index >= 15 is 0 Å². The van der Waals surface area contributed by atoms with Gasteiger partial charge in [0.05, 0.1) is 5.69 Å². The van der Waals surface area contributed by atoms with E-state index in [9.17, 15) is 4.79 Å². The predicted octanol–water partition coefficient (Wildman–Crippen LogP) is 0.690. The second-order valence-corrected chi connectivity index (χ2v) is 3.52. The molecule has 15 heavy (non-hydrogen) atoms. The maximum atomic E-state index is 10.7. The maximum absolute atomic E-state index is 10.7. The Morgan fingerprint density at radius 3 is 2.87 bits per heavy atom. The topological polar surface area (TPSA) is 66.3 Å². The highest BCUT2D eigenvalue weighted by atomic mass is 16.4.